The number of amides is 1. The molecular weight excluding hydrogens is 370 g/mol. The molecule has 0 radical (unpaired) electrons. The first-order valence-corrected chi connectivity index (χ1v) is 8.79. The van der Waals surface area contributed by atoms with E-state index in [-0.39, 0.29) is 24.4 Å². The van der Waals surface area contributed by atoms with Gasteiger partial charge in [-0.1, -0.05) is 0 Å². The van der Waals surface area contributed by atoms with Crippen LogP contribution in [0.15, 0.2) is 24.3 Å². The Morgan fingerprint density at radius 3 is 2.59 bits per heavy atom. The number of hydrogen-bond donors (Lipinski definition) is 2. The minimum atomic E-state index is -0.226. The predicted molar refractivity (Wildman–Crippen MR) is 104 cm³/mol. The van der Waals surface area contributed by atoms with Crippen molar-refractivity contribution in [2.45, 2.75) is 25.8 Å². The number of nitrogens with two attached hydrogens (primary N) is 1. The van der Waals surface area contributed by atoms with Crippen LogP contribution in [0, 0.1) is 12.8 Å². The molecule has 0 aliphatic heterocycles. The van der Waals surface area contributed by atoms with Crippen LogP contribution in [0.2, 0.25) is 0 Å². The van der Waals surface area contributed by atoms with Gasteiger partial charge < -0.3 is 20.5 Å². The average Bonchev–Trinajstić information content (AvgIpc) is 3.42. The zero-order chi connectivity index (χ0) is 18.5. The summed E-state index contributed by atoms with van der Waals surface area (Å²) in [6.45, 7) is 3.23. The lowest BCUT2D eigenvalue weighted by molar-refractivity contribution is 0.0927. The Balaban J connectivity index is 0.00000261. The lowest BCUT2D eigenvalue weighted by Gasteiger charge is -2.14. The van der Waals surface area contributed by atoms with Gasteiger partial charge in [-0.2, -0.15) is 9.90 Å². The molecule has 1 fully saturated rings. The van der Waals surface area contributed by atoms with Crippen LogP contribution in [0.5, 0.6) is 5.75 Å². The second-order valence-corrected chi connectivity index (χ2v) is 6.41. The zero-order valence-electron chi connectivity index (χ0n) is 15.6. The molecule has 1 heterocycles. The maximum absolute atomic E-state index is 12.5. The quantitative estimate of drug-likeness (QED) is 0.623. The highest BCUT2D eigenvalue weighted by Gasteiger charge is 2.32. The van der Waals surface area contributed by atoms with Crippen LogP contribution in [0.25, 0.3) is 5.69 Å². The predicted octanol–water partition coefficient (Wildman–Crippen LogP) is 1.49. The van der Waals surface area contributed by atoms with E-state index >= 15 is 0 Å². The number of ether oxygens (including phenoxy) is 2. The molecule has 1 saturated carbocycles. The van der Waals surface area contributed by atoms with Crippen LogP contribution in [-0.4, -0.2) is 53.8 Å². The smallest absolute Gasteiger partial charge is 0.274 e. The molecule has 1 amide bonds. The lowest BCUT2D eigenvalue weighted by Crippen LogP contribution is -2.42. The number of aryl methyl sites for hydroxylation is 1. The van der Waals surface area contributed by atoms with Gasteiger partial charge in [-0.15, -0.1) is 17.5 Å². The van der Waals surface area contributed by atoms with Crippen LogP contribution in [0.1, 0.15) is 29.0 Å². The molecule has 3 N–H and O–H groups in total. The summed E-state index contributed by atoms with van der Waals surface area (Å²) in [4.78, 5) is 14.0. The van der Waals surface area contributed by atoms with Crippen molar-refractivity contribution in [1.29, 1.82) is 0 Å². The van der Waals surface area contributed by atoms with Crippen molar-refractivity contribution in [2.75, 3.05) is 26.9 Å². The molecule has 1 aromatic carbocycles. The van der Waals surface area contributed by atoms with Crippen LogP contribution in [0.3, 0.4) is 0 Å². The Kier molecular flexibility index (Phi) is 7.58. The van der Waals surface area contributed by atoms with E-state index < -0.39 is 0 Å². The van der Waals surface area contributed by atoms with E-state index in [1.54, 1.807) is 14.0 Å². The number of benzene rings is 1. The van der Waals surface area contributed by atoms with Crippen molar-refractivity contribution >= 4 is 18.3 Å². The van der Waals surface area contributed by atoms with Gasteiger partial charge in [0.15, 0.2) is 5.69 Å². The van der Waals surface area contributed by atoms with Gasteiger partial charge in [0.1, 0.15) is 12.4 Å². The normalized spacial score (nSPS) is 14.3. The summed E-state index contributed by atoms with van der Waals surface area (Å²) in [5, 5.41) is 11.7. The van der Waals surface area contributed by atoms with Crippen molar-refractivity contribution in [3.05, 3.63) is 35.7 Å². The van der Waals surface area contributed by atoms with Crippen molar-refractivity contribution in [3.8, 4) is 11.4 Å². The number of rotatable bonds is 9. The van der Waals surface area contributed by atoms with Crippen LogP contribution in [0.4, 0.5) is 0 Å². The van der Waals surface area contributed by atoms with Gasteiger partial charge in [-0.25, -0.2) is 0 Å². The maximum Gasteiger partial charge on any atom is 0.274 e. The first kappa shape index (κ1) is 21.1. The molecule has 1 aliphatic carbocycles. The van der Waals surface area contributed by atoms with E-state index in [9.17, 15) is 4.79 Å². The first-order valence-electron chi connectivity index (χ1n) is 8.79. The molecule has 2 aromatic rings. The van der Waals surface area contributed by atoms with Gasteiger partial charge in [0.05, 0.1) is 18.0 Å². The number of nitrogens with one attached hydrogen (secondary N) is 1. The van der Waals surface area contributed by atoms with E-state index in [1.165, 1.54) is 4.80 Å². The highest BCUT2D eigenvalue weighted by molar-refractivity contribution is 5.93. The van der Waals surface area contributed by atoms with E-state index in [2.05, 4.69) is 15.5 Å². The highest BCUT2D eigenvalue weighted by Crippen LogP contribution is 2.32. The van der Waals surface area contributed by atoms with Gasteiger partial charge in [0, 0.05) is 19.7 Å². The van der Waals surface area contributed by atoms with Gasteiger partial charge in [-0.3, -0.25) is 4.79 Å². The number of halogens is 1. The van der Waals surface area contributed by atoms with E-state index in [0.29, 0.717) is 37.1 Å². The molecule has 9 heteroatoms. The second kappa shape index (κ2) is 9.68. The lowest BCUT2D eigenvalue weighted by atomic mass is 10.2. The van der Waals surface area contributed by atoms with E-state index in [0.717, 1.165) is 24.3 Å². The molecule has 27 heavy (non-hydrogen) atoms. The fraction of sp³-hybridized carbons (Fsp3) is 0.500. The number of hydrogen-bond acceptors (Lipinski definition) is 6. The average molecular weight is 396 g/mol. The molecule has 1 aromatic heterocycles. The second-order valence-electron chi connectivity index (χ2n) is 6.41. The molecule has 3 rings (SSSR count). The Bertz CT molecular complexity index is 746. The highest BCUT2D eigenvalue weighted by atomic mass is 35.5. The van der Waals surface area contributed by atoms with Gasteiger partial charge >= 0.3 is 0 Å². The van der Waals surface area contributed by atoms with E-state index in [4.69, 9.17) is 15.2 Å². The van der Waals surface area contributed by atoms with Crippen molar-refractivity contribution in [2.24, 2.45) is 11.7 Å². The molecular formula is C18H26ClN5O3. The van der Waals surface area contributed by atoms with Crippen molar-refractivity contribution < 1.29 is 14.3 Å². The number of nitrogens with zero attached hydrogens (tertiary/aromatic N) is 3. The molecule has 0 saturated heterocycles. The third-order valence-electron chi connectivity index (χ3n) is 4.38. The molecule has 0 bridgehead atoms. The van der Waals surface area contributed by atoms with E-state index in [1.807, 2.05) is 24.3 Å². The van der Waals surface area contributed by atoms with Gasteiger partial charge in [0.25, 0.3) is 5.91 Å². The number of methoxy groups -OCH3 is 1. The van der Waals surface area contributed by atoms with Gasteiger partial charge in [-0.05, 0) is 49.9 Å². The summed E-state index contributed by atoms with van der Waals surface area (Å²) in [6.07, 6.45) is 2.24. The Hall–Kier alpha value is -2.16. The zero-order valence-corrected chi connectivity index (χ0v) is 16.4. The summed E-state index contributed by atoms with van der Waals surface area (Å²) in [5.74, 6) is 1.00. The standard InChI is InChI=1S/C18H25N5O3.ClH/c1-12-17(18(24)20-16(11-19)13-3-4-13)22-23(21-12)14-5-7-15(8-6-14)26-10-9-25-2;/h5-8,13,16H,3-4,9-11,19H2,1-2H3,(H,20,24);1H. The topological polar surface area (TPSA) is 104 Å². The van der Waals surface area contributed by atoms with Gasteiger partial charge in [0.2, 0.25) is 0 Å². The van der Waals surface area contributed by atoms with Crippen molar-refractivity contribution in [1.82, 2.24) is 20.3 Å². The summed E-state index contributed by atoms with van der Waals surface area (Å²) in [5.41, 5.74) is 7.41. The largest absolute Gasteiger partial charge is 0.491 e. The van der Waals surface area contributed by atoms with Crippen LogP contribution >= 0.6 is 12.4 Å². The maximum atomic E-state index is 12.5. The molecule has 1 unspecified atom stereocenters. The first-order chi connectivity index (χ1) is 12.6. The third-order valence-corrected chi connectivity index (χ3v) is 4.38. The number of carbonyl (C=O) groups is 1. The summed E-state index contributed by atoms with van der Waals surface area (Å²) in [6, 6.07) is 7.37. The monoisotopic (exact) mass is 395 g/mol. The molecule has 1 atom stereocenters. The Labute approximate surface area is 164 Å². The molecule has 148 valence electrons. The molecule has 1 aliphatic rings. The summed E-state index contributed by atoms with van der Waals surface area (Å²) < 4.78 is 10.5. The Morgan fingerprint density at radius 1 is 1.30 bits per heavy atom. The molecule has 0 spiro atoms. The summed E-state index contributed by atoms with van der Waals surface area (Å²) >= 11 is 0. The minimum Gasteiger partial charge on any atom is -0.491 e. The van der Waals surface area contributed by atoms with Crippen LogP contribution in [-0.2, 0) is 4.74 Å². The SMILES string of the molecule is COCCOc1ccc(-n2nc(C)c(C(=O)NC(CN)C3CC3)n2)cc1.Cl. The van der Waals surface area contributed by atoms with Crippen LogP contribution < -0.4 is 15.8 Å². The fourth-order valence-corrected chi connectivity index (χ4v) is 2.73. The van der Waals surface area contributed by atoms with Crippen molar-refractivity contribution in [3.63, 3.8) is 0 Å². The third kappa shape index (κ3) is 5.41. The number of carbonyl (C=O) groups excluding carboxylic acids is 1. The fourth-order valence-electron chi connectivity index (χ4n) is 2.73. The molecule has 8 nitrogen and oxygen atoms in total. The summed E-state index contributed by atoms with van der Waals surface area (Å²) in [7, 11) is 1.63. The number of aromatic nitrogens is 3. The Morgan fingerprint density at radius 2 is 2.00 bits per heavy atom. The minimum absolute atomic E-state index is 0.